The predicted octanol–water partition coefficient (Wildman–Crippen LogP) is 3.44. The van der Waals surface area contributed by atoms with Gasteiger partial charge in [0, 0.05) is 40.4 Å². The van der Waals surface area contributed by atoms with Gasteiger partial charge in [0.15, 0.2) is 5.96 Å². The van der Waals surface area contributed by atoms with Crippen LogP contribution in [0.15, 0.2) is 29.3 Å². The first-order valence-corrected chi connectivity index (χ1v) is 11.0. The highest BCUT2D eigenvalue weighted by atomic mass is 127. The maximum atomic E-state index is 12.4. The van der Waals surface area contributed by atoms with Crippen molar-refractivity contribution >= 4 is 41.8 Å². The van der Waals surface area contributed by atoms with Crippen molar-refractivity contribution < 1.29 is 14.3 Å². The van der Waals surface area contributed by atoms with Gasteiger partial charge in [-0.25, -0.2) is 0 Å². The third-order valence-corrected chi connectivity index (χ3v) is 6.33. The number of hydrogen-bond acceptors (Lipinski definition) is 4. The molecule has 8 heteroatoms. The number of rotatable bonds is 10. The Morgan fingerprint density at radius 2 is 1.74 bits per heavy atom. The molecule has 1 aliphatic carbocycles. The number of guanidine groups is 1. The molecule has 1 aromatic carbocycles. The van der Waals surface area contributed by atoms with E-state index in [2.05, 4.69) is 15.6 Å². The number of halogens is 1. The summed E-state index contributed by atoms with van der Waals surface area (Å²) < 4.78 is 5.31. The first kappa shape index (κ1) is 25.6. The second kappa shape index (κ2) is 12.4. The number of aliphatic imine (C=N–C) groups is 1. The van der Waals surface area contributed by atoms with Gasteiger partial charge in [0.25, 0.3) is 11.8 Å². The lowest BCUT2D eigenvalue weighted by Crippen LogP contribution is -2.43. The van der Waals surface area contributed by atoms with Gasteiger partial charge in [-0.15, -0.1) is 24.0 Å². The Morgan fingerprint density at radius 3 is 2.32 bits per heavy atom. The van der Waals surface area contributed by atoms with Crippen LogP contribution in [0.4, 0.5) is 0 Å². The Hall–Kier alpha value is -1.68. The van der Waals surface area contributed by atoms with Crippen LogP contribution in [0.25, 0.3) is 0 Å². The lowest BCUT2D eigenvalue weighted by atomic mass is 9.83. The van der Waals surface area contributed by atoms with Crippen molar-refractivity contribution in [2.24, 2.45) is 10.4 Å². The number of nitrogens with zero attached hydrogens (tertiary/aromatic N) is 2. The summed E-state index contributed by atoms with van der Waals surface area (Å²) in [4.78, 5) is 30.5. The topological polar surface area (TPSA) is 83.0 Å². The molecule has 2 amide bonds. The van der Waals surface area contributed by atoms with Gasteiger partial charge in [0.1, 0.15) is 0 Å². The van der Waals surface area contributed by atoms with Gasteiger partial charge in [-0.1, -0.05) is 25.0 Å². The molecule has 7 nitrogen and oxygen atoms in total. The summed E-state index contributed by atoms with van der Waals surface area (Å²) in [6, 6.07) is 7.02. The molecule has 31 heavy (non-hydrogen) atoms. The lowest BCUT2D eigenvalue weighted by Gasteiger charge is -2.30. The van der Waals surface area contributed by atoms with Gasteiger partial charge < -0.3 is 15.4 Å². The molecule has 0 bridgehead atoms. The maximum absolute atomic E-state index is 12.4. The molecule has 2 N–H and O–H groups in total. The van der Waals surface area contributed by atoms with Crippen LogP contribution in [-0.2, 0) is 4.74 Å². The van der Waals surface area contributed by atoms with E-state index in [1.54, 1.807) is 38.4 Å². The second-order valence-corrected chi connectivity index (χ2v) is 8.32. The minimum atomic E-state index is -0.182. The minimum Gasteiger partial charge on any atom is -0.385 e. The van der Waals surface area contributed by atoms with Crippen molar-refractivity contribution in [2.45, 2.75) is 44.9 Å². The van der Waals surface area contributed by atoms with Gasteiger partial charge in [0.2, 0.25) is 0 Å². The highest BCUT2D eigenvalue weighted by Crippen LogP contribution is 2.40. The Bertz CT molecular complexity index is 743. The normalized spacial score (nSPS) is 17.5. The molecule has 0 radical (unpaired) electrons. The molecule has 1 aliphatic heterocycles. The second-order valence-electron chi connectivity index (χ2n) is 8.32. The van der Waals surface area contributed by atoms with E-state index in [-0.39, 0.29) is 35.8 Å². The molecule has 0 spiro atoms. The van der Waals surface area contributed by atoms with E-state index in [1.807, 2.05) is 0 Å². The van der Waals surface area contributed by atoms with Gasteiger partial charge >= 0.3 is 0 Å². The summed E-state index contributed by atoms with van der Waals surface area (Å²) in [6.45, 7) is 2.89. The van der Waals surface area contributed by atoms with Crippen molar-refractivity contribution in [3.8, 4) is 0 Å². The number of benzene rings is 1. The number of amides is 2. The molecule has 172 valence electrons. The number of carbonyl (C=O) groups is 2. The van der Waals surface area contributed by atoms with Crippen LogP contribution in [0, 0.1) is 5.41 Å². The zero-order valence-electron chi connectivity index (χ0n) is 18.6. The Morgan fingerprint density at radius 1 is 1.10 bits per heavy atom. The Balaban J connectivity index is 0.00000341. The summed E-state index contributed by atoms with van der Waals surface area (Å²) >= 11 is 0. The van der Waals surface area contributed by atoms with Crippen molar-refractivity contribution in [3.63, 3.8) is 0 Å². The van der Waals surface area contributed by atoms with Crippen molar-refractivity contribution in [1.29, 1.82) is 0 Å². The average molecular weight is 542 g/mol. The molecule has 0 atom stereocenters. The van der Waals surface area contributed by atoms with Crippen LogP contribution in [-0.4, -0.2) is 63.1 Å². The highest BCUT2D eigenvalue weighted by molar-refractivity contribution is 14.0. The third kappa shape index (κ3) is 6.41. The number of ether oxygens (including phenoxy) is 1. The van der Waals surface area contributed by atoms with Crippen LogP contribution in [0.3, 0.4) is 0 Å². The van der Waals surface area contributed by atoms with Gasteiger partial charge in [0.05, 0.1) is 11.1 Å². The summed E-state index contributed by atoms with van der Waals surface area (Å²) in [5, 5.41) is 6.83. The van der Waals surface area contributed by atoms with E-state index < -0.39 is 0 Å². The quantitative estimate of drug-likeness (QED) is 0.156. The molecule has 0 saturated heterocycles. The zero-order valence-corrected chi connectivity index (χ0v) is 20.9. The van der Waals surface area contributed by atoms with Crippen LogP contribution >= 0.6 is 24.0 Å². The molecule has 0 aromatic heterocycles. The van der Waals surface area contributed by atoms with Crippen molar-refractivity contribution in [2.75, 3.05) is 40.4 Å². The van der Waals surface area contributed by atoms with E-state index in [1.165, 1.54) is 30.6 Å². The number of hydrogen-bond donors (Lipinski definition) is 2. The van der Waals surface area contributed by atoms with Crippen molar-refractivity contribution in [3.05, 3.63) is 35.4 Å². The monoisotopic (exact) mass is 542 g/mol. The van der Waals surface area contributed by atoms with Gasteiger partial charge in [-0.3, -0.25) is 19.5 Å². The number of nitrogens with one attached hydrogen (secondary N) is 2. The largest absolute Gasteiger partial charge is 0.385 e. The number of fused-ring (bicyclic) bond motifs is 1. The van der Waals surface area contributed by atoms with Crippen LogP contribution in [0.2, 0.25) is 0 Å². The summed E-state index contributed by atoms with van der Waals surface area (Å²) in [5.74, 6) is 0.442. The van der Waals surface area contributed by atoms with Crippen LogP contribution in [0.5, 0.6) is 0 Å². The van der Waals surface area contributed by atoms with E-state index in [0.717, 1.165) is 44.9 Å². The third-order valence-electron chi connectivity index (χ3n) is 6.33. The number of methoxy groups -OCH3 is 1. The van der Waals surface area contributed by atoms with Gasteiger partial charge in [-0.05, 0) is 49.7 Å². The maximum Gasteiger partial charge on any atom is 0.261 e. The fourth-order valence-corrected chi connectivity index (χ4v) is 4.49. The zero-order chi connectivity index (χ0) is 21.4. The fourth-order valence-electron chi connectivity index (χ4n) is 4.49. The van der Waals surface area contributed by atoms with Gasteiger partial charge in [-0.2, -0.15) is 0 Å². The smallest absolute Gasteiger partial charge is 0.261 e. The first-order chi connectivity index (χ1) is 14.6. The lowest BCUT2D eigenvalue weighted by molar-refractivity contribution is 0.0652. The Kier molecular flexibility index (Phi) is 10.2. The number of imide groups is 1. The van der Waals surface area contributed by atoms with Crippen LogP contribution in [0.1, 0.15) is 65.7 Å². The SMILES string of the molecule is CN=C(NCCCCN1C(=O)c2ccccc2C1=O)NCC1(CCOC)CCCC1.I. The molecule has 2 aliphatic rings. The van der Waals surface area contributed by atoms with E-state index in [4.69, 9.17) is 4.74 Å². The molecule has 3 rings (SSSR count). The summed E-state index contributed by atoms with van der Waals surface area (Å²) in [6.07, 6.45) is 7.73. The molecule has 0 unspecified atom stereocenters. The fraction of sp³-hybridized carbons (Fsp3) is 0.609. The Labute approximate surface area is 202 Å². The number of carbonyl (C=O) groups excluding carboxylic acids is 2. The molecule has 1 saturated carbocycles. The number of unbranched alkanes of at least 4 members (excludes halogenated alkanes) is 1. The summed E-state index contributed by atoms with van der Waals surface area (Å²) in [7, 11) is 3.54. The first-order valence-electron chi connectivity index (χ1n) is 11.0. The van der Waals surface area contributed by atoms with E-state index >= 15 is 0 Å². The van der Waals surface area contributed by atoms with Crippen LogP contribution < -0.4 is 10.6 Å². The minimum absolute atomic E-state index is 0. The molecule has 1 aromatic rings. The molecular formula is C23H35IN4O3. The standard InChI is InChI=1S/C23H34N4O3.HI/c1-24-22(26-17-23(13-16-30-2)11-5-6-12-23)25-14-7-8-15-27-20(28)18-9-3-4-10-19(18)21(27)29;/h3-4,9-10H,5-8,11-17H2,1-2H3,(H2,24,25,26);1H. The predicted molar refractivity (Wildman–Crippen MR) is 133 cm³/mol. The molecule has 1 fully saturated rings. The molecular weight excluding hydrogens is 507 g/mol. The average Bonchev–Trinajstić information content (AvgIpc) is 3.33. The highest BCUT2D eigenvalue weighted by Gasteiger charge is 2.35. The van der Waals surface area contributed by atoms with E-state index in [9.17, 15) is 9.59 Å². The molecule has 1 heterocycles. The summed E-state index contributed by atoms with van der Waals surface area (Å²) in [5.41, 5.74) is 1.33. The van der Waals surface area contributed by atoms with Crippen molar-refractivity contribution in [1.82, 2.24) is 15.5 Å². The van der Waals surface area contributed by atoms with E-state index in [0.29, 0.717) is 23.1 Å².